The molecule has 18 bridgehead atoms. The van der Waals surface area contributed by atoms with E-state index in [0.717, 1.165) is 82.3 Å². The van der Waals surface area contributed by atoms with Crippen LogP contribution in [0.4, 0.5) is 0 Å². The fourth-order valence-corrected chi connectivity index (χ4v) is 21.5. The van der Waals surface area contributed by atoms with Crippen LogP contribution in [0.15, 0.2) is 0 Å². The quantitative estimate of drug-likeness (QED) is 0.0235. The van der Waals surface area contributed by atoms with Gasteiger partial charge in [-0.2, -0.15) is 82.3 Å². The Morgan fingerprint density at radius 3 is 0.672 bits per heavy atom. The van der Waals surface area contributed by atoms with Gasteiger partial charge in [0, 0.05) is 80.5 Å². The first-order chi connectivity index (χ1) is 58.0. The zero-order valence-corrected chi connectivity index (χ0v) is 70.4. The third-order valence-corrected chi connectivity index (χ3v) is 28.5. The van der Waals surface area contributed by atoms with Gasteiger partial charge < -0.3 is 193 Å². The molecule has 40 atom stereocenters. The number of hydrogen-bond acceptors (Lipinski definition) is 47. The molecule has 0 radical (unpaired) electrons. The number of carboxylic acid groups (broad SMARTS) is 6. The second-order valence-electron chi connectivity index (χ2n) is 29.8. The topological polar surface area (TPSA) is 721 Å². The van der Waals surface area contributed by atoms with Crippen LogP contribution in [0, 0.1) is 0 Å². The van der Waals surface area contributed by atoms with E-state index in [2.05, 4.69) is 0 Å². The summed E-state index contributed by atoms with van der Waals surface area (Å²) in [7, 11) is 0. The summed E-state index contributed by atoms with van der Waals surface area (Å²) in [6.07, 6.45) is -83.8. The Kier molecular flexibility index (Phi) is 40.0. The van der Waals surface area contributed by atoms with Crippen LogP contribution >= 0.6 is 82.3 Å². The van der Waals surface area contributed by atoms with E-state index in [9.17, 15) is 146 Å². The summed E-state index contributed by atoms with van der Waals surface area (Å²) in [5, 5.41) is 252. The van der Waals surface area contributed by atoms with Crippen molar-refractivity contribution in [1.82, 2.24) is 0 Å². The van der Waals surface area contributed by atoms with Crippen molar-refractivity contribution in [3.8, 4) is 0 Å². The lowest BCUT2D eigenvalue weighted by molar-refractivity contribution is -0.397. The van der Waals surface area contributed by atoms with E-state index in [1.807, 2.05) is 0 Å². The molecule has 0 aromatic carbocycles. The second kappa shape index (κ2) is 48.0. The minimum absolute atomic E-state index is 0.0567. The van der Waals surface area contributed by atoms with Gasteiger partial charge in [-0.3, -0.25) is 33.6 Å². The molecular weight excluding hydrogens is 1790 g/mol. The lowest BCUT2D eigenvalue weighted by atomic mass is 9.95. The number of thioether (sulfide) groups is 7. The average molecular weight is 1900 g/mol. The van der Waals surface area contributed by atoms with Crippen molar-refractivity contribution in [1.29, 1.82) is 0 Å². The molecule has 0 amide bonds. The molecule has 122 heavy (non-hydrogen) atoms. The molecule has 28 heterocycles. The van der Waals surface area contributed by atoms with Crippen molar-refractivity contribution in [2.75, 3.05) is 87.1 Å². The number of aliphatic carboxylic acids is 6. The minimum Gasteiger partial charge on any atom is -0.481 e. The van der Waals surface area contributed by atoms with Crippen LogP contribution in [0.2, 0.25) is 0 Å². The predicted molar refractivity (Wildman–Crippen MR) is 415 cm³/mol. The second-order valence-corrected chi connectivity index (χ2v) is 37.9. The minimum atomic E-state index is -2.31. The van der Waals surface area contributed by atoms with Crippen LogP contribution in [-0.2, 0) is 114 Å². The van der Waals surface area contributed by atoms with Gasteiger partial charge in [0.05, 0.1) is 87.7 Å². The van der Waals surface area contributed by atoms with Crippen LogP contribution in [-0.4, -0.2) is 487 Å². The Balaban J connectivity index is 1.02. The van der Waals surface area contributed by atoms with Gasteiger partial charge in [-0.25, -0.2) is 0 Å². The number of carbonyl (C=O) groups is 7. The molecule has 28 rings (SSSR count). The molecule has 0 aromatic heterocycles. The van der Waals surface area contributed by atoms with E-state index in [1.54, 1.807) is 0 Å². The molecule has 0 aromatic rings. The Hall–Kier alpha value is -2.54. The van der Waals surface area contributed by atoms with Gasteiger partial charge in [-0.15, -0.1) is 0 Å². The summed E-state index contributed by atoms with van der Waals surface area (Å²) in [6.45, 7) is -0.821. The van der Waals surface area contributed by atoms with E-state index in [4.69, 9.17) is 80.5 Å². The van der Waals surface area contributed by atoms with E-state index in [0.29, 0.717) is 0 Å². The van der Waals surface area contributed by atoms with Crippen molar-refractivity contribution < 1.29 is 226 Å². The highest BCUT2D eigenvalue weighted by Crippen LogP contribution is 2.43. The van der Waals surface area contributed by atoms with Crippen LogP contribution in [0.25, 0.3) is 0 Å². The first-order valence-electron chi connectivity index (χ1n) is 38.9. The molecule has 0 unspecified atom stereocenters. The third kappa shape index (κ3) is 26.9. The number of aliphatic hydroxyl groups excluding tert-OH is 16. The van der Waals surface area contributed by atoms with Crippen molar-refractivity contribution in [3.63, 3.8) is 0 Å². The fourth-order valence-electron chi connectivity index (χ4n) is 14.6. The molecule has 700 valence electrons. The molecule has 0 aliphatic carbocycles. The molecular formula is C69H106O46S7. The Labute approximate surface area is 724 Å². The third-order valence-electron chi connectivity index (χ3n) is 21.1. The van der Waals surface area contributed by atoms with Gasteiger partial charge >= 0.3 is 41.8 Å². The number of aliphatic hydroxyl groups is 16. The molecule has 53 heteroatoms. The van der Waals surface area contributed by atoms with Gasteiger partial charge in [-0.1, -0.05) is 0 Å². The highest BCUT2D eigenvalue weighted by Gasteiger charge is 2.61. The van der Waals surface area contributed by atoms with Crippen molar-refractivity contribution in [2.24, 2.45) is 0 Å². The lowest BCUT2D eigenvalue weighted by Crippen LogP contribution is -2.69. The van der Waals surface area contributed by atoms with Crippen LogP contribution in [0.5, 0.6) is 0 Å². The van der Waals surface area contributed by atoms with E-state index in [1.165, 1.54) is 0 Å². The largest absolute Gasteiger partial charge is 0.481 e. The van der Waals surface area contributed by atoms with E-state index >= 15 is 0 Å². The average Bonchev–Trinajstić information content (AvgIpc) is 0.786. The van der Waals surface area contributed by atoms with Crippen LogP contribution < -0.4 is 0 Å². The maximum atomic E-state index is 13.5. The van der Waals surface area contributed by atoms with Gasteiger partial charge in [0.2, 0.25) is 0 Å². The lowest BCUT2D eigenvalue weighted by Gasteiger charge is -2.51. The zero-order valence-electron chi connectivity index (χ0n) is 64.6. The van der Waals surface area contributed by atoms with Crippen molar-refractivity contribution in [2.45, 2.75) is 291 Å². The molecule has 28 aliphatic rings. The summed E-state index contributed by atoms with van der Waals surface area (Å²) in [4.78, 5) is 84.0. The number of ether oxygens (including phenoxy) is 17. The van der Waals surface area contributed by atoms with Gasteiger partial charge in [-0.05, 0) is 0 Å². The van der Waals surface area contributed by atoms with Gasteiger partial charge in [0.15, 0.2) is 50.3 Å². The molecule has 28 saturated heterocycles. The predicted octanol–water partition coefficient (Wildman–Crippen LogP) is -8.42. The fraction of sp³-hybridized carbons (Fsp3) is 0.899. The van der Waals surface area contributed by atoms with Crippen molar-refractivity contribution >= 4 is 124 Å². The number of rotatable bonds is 30. The van der Waals surface area contributed by atoms with Crippen LogP contribution in [0.1, 0.15) is 44.9 Å². The number of esters is 1. The van der Waals surface area contributed by atoms with Crippen LogP contribution in [0.3, 0.4) is 0 Å². The summed E-state index contributed by atoms with van der Waals surface area (Å²) in [5.74, 6) is -11.6. The standard InChI is InChI=1S/C69H106O46S7/c70-31(71)1-8-116-16-24-55-40(85)48(93)64(102-24)110-56-25(17-117-9-2-32(72)73)103-65(49(94)41(56)86)111-57-26(18-118-10-3-33(74)75)104-66(50(95)42(57)87)112-58-27(19-119-11-4-34(76)77)105-67(51(96)43(58)88)113-59-28(20-120-12-5-35(78)79)106-68(52(97)44(59)89)114-60-29(21-121-13-6-36(80)81)107-69(53(98)45(60)90)115-61-30-22-122-14-7-37(82)99-15-23-54(38(83)46(91)62(100-23)109-55)108-63(101-30)47(92)39(61)84/h23-30,38-69,83-98H,1-22H2,(H,70,71)(H,72,73)(H,74,75)(H,76,77)(H,78,79)(H,80,81)/t23-,24-,25-,26-,27-,28-,29-,30-,38-,39-,40-,41-,42-,43-,44-,45-,46-,47-,48-,49-,50-,51-,52-,53-,54-,55-,56-,57-,58-,59-,60-,61-,62-,63-,64-,65-,66-,67-,68-,69-/m1/s1. The maximum absolute atomic E-state index is 13.5. The monoisotopic (exact) mass is 1890 g/mol. The summed E-state index contributed by atoms with van der Waals surface area (Å²) in [6, 6.07) is 0. The normalized spacial score (nSPS) is 43.8. The zero-order chi connectivity index (χ0) is 88.7. The first kappa shape index (κ1) is 102. The molecule has 0 saturated carbocycles. The first-order valence-corrected chi connectivity index (χ1v) is 47.0. The molecule has 22 N–H and O–H groups in total. The SMILES string of the molecule is O=C(O)CCSC[C@H]1O[C@@H]2O[C@H]3[C@H](O)[C@@H](O)[C@@H](O[C@H]4[C@H](O)[C@@H](O)[C@@H](O[C@H]5[C@H](O)[C@@H](O)[C@@H](O[C@H]6[C@H](O)[C@@H](O)[C@@H](O[C@H]7[C@H](O)[C@@H](O)[C@@H](O[C@H]8[C@H](O)[C@@H](O)[C@H]9O[C@H]%10[C@H](O)[C@@H](O)[C@@H](O[C@H]1[C@H](O)[C@H]2O)O[C@@H]%10COC(=O)CCSC[C@H]8O9)O[C@@H]7CSCCC(=O)O)O[C@@H]6CSCCC(=O)O)O[C@@H]5CSCCC(=O)O)O[C@@H]4CSCCC(=O)O)O[C@@H]3CSCCC(=O)O. The highest BCUT2D eigenvalue weighted by atomic mass is 32.2. The summed E-state index contributed by atoms with van der Waals surface area (Å²) < 4.78 is 105. The summed E-state index contributed by atoms with van der Waals surface area (Å²) >= 11 is 6.40. The summed E-state index contributed by atoms with van der Waals surface area (Å²) in [5.41, 5.74) is 0. The van der Waals surface area contributed by atoms with E-state index in [-0.39, 0.29) is 87.0 Å². The smallest absolute Gasteiger partial charge is 0.306 e. The molecule has 28 fully saturated rings. The Bertz CT molecular complexity index is 3240. The van der Waals surface area contributed by atoms with Gasteiger partial charge in [0.25, 0.3) is 0 Å². The molecule has 28 aliphatic heterocycles. The Morgan fingerprint density at radius 2 is 0.451 bits per heavy atom. The van der Waals surface area contributed by atoms with Gasteiger partial charge in [0.1, 0.15) is 159 Å². The number of carbonyl (C=O) groups excluding carboxylic acids is 1. The Morgan fingerprint density at radius 1 is 0.262 bits per heavy atom. The highest BCUT2D eigenvalue weighted by molar-refractivity contribution is 8.00. The molecule has 46 nitrogen and oxygen atoms in total. The maximum Gasteiger partial charge on any atom is 0.306 e. The number of cyclic esters (lactones) is 1. The van der Waals surface area contributed by atoms with E-state index < -0.39 is 333 Å². The van der Waals surface area contributed by atoms with Crippen molar-refractivity contribution in [3.05, 3.63) is 0 Å². The number of carboxylic acids is 6. The molecule has 0 spiro atoms. The number of hydrogen-bond donors (Lipinski definition) is 22.